The summed E-state index contributed by atoms with van der Waals surface area (Å²) in [7, 11) is 0.416. The van der Waals surface area contributed by atoms with E-state index in [4.69, 9.17) is 14.2 Å². The number of ether oxygens (including phenoxy) is 3. The van der Waals surface area contributed by atoms with Gasteiger partial charge in [-0.25, -0.2) is 12.8 Å². The molecule has 158 valence electrons. The minimum atomic E-state index is -4.08. The molecule has 0 amide bonds. The van der Waals surface area contributed by atoms with Crippen molar-refractivity contribution in [3.05, 3.63) is 78.1 Å². The van der Waals surface area contributed by atoms with E-state index in [9.17, 15) is 12.8 Å². The molecule has 0 saturated carbocycles. The van der Waals surface area contributed by atoms with Gasteiger partial charge >= 0.3 is 0 Å². The third kappa shape index (κ3) is 4.49. The Kier molecular flexibility index (Phi) is 6.47. The molecule has 3 aromatic carbocycles. The van der Waals surface area contributed by atoms with Crippen molar-refractivity contribution in [1.82, 2.24) is 0 Å². The number of benzene rings is 3. The Labute approximate surface area is 175 Å². The quantitative estimate of drug-likeness (QED) is 0.534. The SMILES string of the molecule is COc1cccc(CN(c2ccc(OC)c(OC)c2)S(=O)(=O)c2cccc(F)c2)c1. The predicted molar refractivity (Wildman–Crippen MR) is 112 cm³/mol. The summed E-state index contributed by atoms with van der Waals surface area (Å²) in [5.41, 5.74) is 1.05. The van der Waals surface area contributed by atoms with Crippen molar-refractivity contribution in [3.8, 4) is 17.2 Å². The van der Waals surface area contributed by atoms with Crippen molar-refractivity contribution in [2.24, 2.45) is 0 Å². The zero-order valence-electron chi connectivity index (χ0n) is 16.8. The summed E-state index contributed by atoms with van der Waals surface area (Å²) in [6, 6.07) is 16.8. The van der Waals surface area contributed by atoms with Crippen molar-refractivity contribution in [3.63, 3.8) is 0 Å². The lowest BCUT2D eigenvalue weighted by Crippen LogP contribution is -2.30. The number of hydrogen-bond donors (Lipinski definition) is 0. The number of methoxy groups -OCH3 is 3. The predicted octanol–water partition coefficient (Wildman–Crippen LogP) is 4.25. The normalized spacial score (nSPS) is 11.1. The number of anilines is 1. The van der Waals surface area contributed by atoms with Crippen LogP contribution in [0.2, 0.25) is 0 Å². The van der Waals surface area contributed by atoms with Gasteiger partial charge in [-0.05, 0) is 48.0 Å². The van der Waals surface area contributed by atoms with Gasteiger partial charge in [-0.1, -0.05) is 18.2 Å². The first kappa shape index (κ1) is 21.4. The molecule has 0 bridgehead atoms. The van der Waals surface area contributed by atoms with Crippen molar-refractivity contribution in [2.75, 3.05) is 25.6 Å². The van der Waals surface area contributed by atoms with Gasteiger partial charge in [0.25, 0.3) is 10.0 Å². The number of sulfonamides is 1. The van der Waals surface area contributed by atoms with Crippen LogP contribution in [0.15, 0.2) is 71.6 Å². The Morgan fingerprint density at radius 3 is 2.23 bits per heavy atom. The second-order valence-corrected chi connectivity index (χ2v) is 8.22. The number of hydrogen-bond acceptors (Lipinski definition) is 5. The number of nitrogens with zero attached hydrogens (tertiary/aromatic N) is 1. The third-order valence-electron chi connectivity index (χ3n) is 4.50. The summed E-state index contributed by atoms with van der Waals surface area (Å²) in [4.78, 5) is -0.153. The molecule has 30 heavy (non-hydrogen) atoms. The molecular weight excluding hydrogens is 409 g/mol. The van der Waals surface area contributed by atoms with Gasteiger partial charge in [0.15, 0.2) is 11.5 Å². The van der Waals surface area contributed by atoms with Gasteiger partial charge in [0, 0.05) is 6.07 Å². The van der Waals surface area contributed by atoms with Crippen molar-refractivity contribution < 1.29 is 27.0 Å². The second kappa shape index (κ2) is 9.04. The van der Waals surface area contributed by atoms with E-state index in [1.807, 2.05) is 0 Å². The standard InChI is InChI=1S/C22H22FNO5S/c1-27-19-8-4-6-16(12-19)15-24(18-10-11-21(28-2)22(14-18)29-3)30(25,26)20-9-5-7-17(23)13-20/h4-14H,15H2,1-3H3. The molecule has 0 aliphatic heterocycles. The molecular formula is C22H22FNO5S. The van der Waals surface area contributed by atoms with E-state index in [0.717, 1.165) is 6.07 Å². The van der Waals surface area contributed by atoms with Crippen LogP contribution in [0.25, 0.3) is 0 Å². The second-order valence-electron chi connectivity index (χ2n) is 6.36. The highest BCUT2D eigenvalue weighted by atomic mass is 32.2. The molecule has 6 nitrogen and oxygen atoms in total. The van der Waals surface area contributed by atoms with Crippen LogP contribution >= 0.6 is 0 Å². The summed E-state index contributed by atoms with van der Waals surface area (Å²) in [5, 5.41) is 0. The van der Waals surface area contributed by atoms with Crippen LogP contribution in [-0.2, 0) is 16.6 Å². The molecule has 0 aromatic heterocycles. The van der Waals surface area contributed by atoms with Crippen molar-refractivity contribution in [1.29, 1.82) is 0 Å². The molecule has 0 N–H and O–H groups in total. The van der Waals surface area contributed by atoms with E-state index in [2.05, 4.69) is 0 Å². The summed E-state index contributed by atoms with van der Waals surface area (Å²) in [6.07, 6.45) is 0. The molecule has 0 saturated heterocycles. The van der Waals surface area contributed by atoms with Gasteiger partial charge < -0.3 is 14.2 Å². The van der Waals surface area contributed by atoms with Gasteiger partial charge in [-0.3, -0.25) is 4.31 Å². The molecule has 3 rings (SSSR count). The van der Waals surface area contributed by atoms with Crippen LogP contribution in [0.1, 0.15) is 5.56 Å². The van der Waals surface area contributed by atoms with Gasteiger partial charge in [0.2, 0.25) is 0 Å². The van der Waals surface area contributed by atoms with E-state index in [0.29, 0.717) is 28.5 Å². The molecule has 0 atom stereocenters. The lowest BCUT2D eigenvalue weighted by atomic mass is 10.2. The number of halogens is 1. The molecule has 0 heterocycles. The Morgan fingerprint density at radius 1 is 0.833 bits per heavy atom. The third-order valence-corrected chi connectivity index (χ3v) is 6.27. The lowest BCUT2D eigenvalue weighted by Gasteiger charge is -2.25. The van der Waals surface area contributed by atoms with Crippen LogP contribution in [0.4, 0.5) is 10.1 Å². The van der Waals surface area contributed by atoms with Crippen LogP contribution in [0, 0.1) is 5.82 Å². The van der Waals surface area contributed by atoms with E-state index in [1.165, 1.54) is 43.8 Å². The summed E-state index contributed by atoms with van der Waals surface area (Å²) in [5.74, 6) is 0.804. The lowest BCUT2D eigenvalue weighted by molar-refractivity contribution is 0.355. The minimum absolute atomic E-state index is 0.00549. The number of rotatable bonds is 8. The first-order valence-electron chi connectivity index (χ1n) is 9.02. The average Bonchev–Trinajstić information content (AvgIpc) is 2.77. The highest BCUT2D eigenvalue weighted by Crippen LogP contribution is 2.35. The monoisotopic (exact) mass is 431 g/mol. The van der Waals surface area contributed by atoms with Crippen LogP contribution < -0.4 is 18.5 Å². The summed E-state index contributed by atoms with van der Waals surface area (Å²) in [6.45, 7) is 0.00549. The summed E-state index contributed by atoms with van der Waals surface area (Å²) >= 11 is 0. The van der Waals surface area contributed by atoms with Gasteiger partial charge in [-0.15, -0.1) is 0 Å². The molecule has 0 unspecified atom stereocenters. The molecule has 0 aliphatic carbocycles. The van der Waals surface area contributed by atoms with Gasteiger partial charge in [0.1, 0.15) is 11.6 Å². The average molecular weight is 431 g/mol. The maximum atomic E-state index is 13.8. The van der Waals surface area contributed by atoms with E-state index in [1.54, 1.807) is 42.5 Å². The Balaban J connectivity index is 2.13. The fraction of sp³-hybridized carbons (Fsp3) is 0.182. The van der Waals surface area contributed by atoms with Gasteiger partial charge in [-0.2, -0.15) is 0 Å². The molecule has 8 heteroatoms. The van der Waals surface area contributed by atoms with Crippen molar-refractivity contribution in [2.45, 2.75) is 11.4 Å². The maximum Gasteiger partial charge on any atom is 0.264 e. The molecule has 0 radical (unpaired) electrons. The maximum absolute atomic E-state index is 13.8. The molecule has 0 aliphatic rings. The minimum Gasteiger partial charge on any atom is -0.497 e. The van der Waals surface area contributed by atoms with Crippen LogP contribution in [0.5, 0.6) is 17.2 Å². The Morgan fingerprint density at radius 2 is 1.57 bits per heavy atom. The largest absolute Gasteiger partial charge is 0.497 e. The smallest absolute Gasteiger partial charge is 0.264 e. The van der Waals surface area contributed by atoms with Crippen LogP contribution in [0.3, 0.4) is 0 Å². The van der Waals surface area contributed by atoms with Gasteiger partial charge in [0.05, 0.1) is 38.5 Å². The highest BCUT2D eigenvalue weighted by molar-refractivity contribution is 7.92. The van der Waals surface area contributed by atoms with E-state index < -0.39 is 15.8 Å². The molecule has 0 spiro atoms. The Bertz CT molecular complexity index is 1130. The Hall–Kier alpha value is -3.26. The zero-order chi connectivity index (χ0) is 21.7. The van der Waals surface area contributed by atoms with E-state index >= 15 is 0 Å². The molecule has 0 fully saturated rings. The first-order chi connectivity index (χ1) is 14.4. The fourth-order valence-corrected chi connectivity index (χ4v) is 4.46. The highest BCUT2D eigenvalue weighted by Gasteiger charge is 2.27. The van der Waals surface area contributed by atoms with Crippen molar-refractivity contribution >= 4 is 15.7 Å². The zero-order valence-corrected chi connectivity index (χ0v) is 17.6. The fourth-order valence-electron chi connectivity index (χ4n) is 2.99. The van der Waals surface area contributed by atoms with E-state index in [-0.39, 0.29) is 11.4 Å². The topological polar surface area (TPSA) is 65.1 Å². The molecule has 3 aromatic rings. The summed E-state index contributed by atoms with van der Waals surface area (Å²) < 4.78 is 57.7. The van der Waals surface area contributed by atoms with Crippen LogP contribution in [-0.4, -0.2) is 29.7 Å². The first-order valence-corrected chi connectivity index (χ1v) is 10.5.